The molecule has 2 amide bonds. The van der Waals surface area contributed by atoms with E-state index < -0.39 is 6.04 Å². The summed E-state index contributed by atoms with van der Waals surface area (Å²) in [5.41, 5.74) is 2.89. The van der Waals surface area contributed by atoms with Gasteiger partial charge in [-0.05, 0) is 24.6 Å². The van der Waals surface area contributed by atoms with Crippen LogP contribution >= 0.6 is 0 Å². The highest BCUT2D eigenvalue weighted by Gasteiger charge is 2.33. The minimum atomic E-state index is -0.457. The molecule has 9 nitrogen and oxygen atoms in total. The Morgan fingerprint density at radius 1 is 1.16 bits per heavy atom. The molecule has 2 aromatic carbocycles. The van der Waals surface area contributed by atoms with Crippen LogP contribution in [0.5, 0.6) is 11.5 Å². The van der Waals surface area contributed by atoms with Crippen LogP contribution in [-0.4, -0.2) is 45.9 Å². The van der Waals surface area contributed by atoms with Gasteiger partial charge >= 0.3 is 0 Å². The Kier molecular flexibility index (Phi) is 6.07. The van der Waals surface area contributed by atoms with E-state index in [4.69, 9.17) is 9.47 Å². The third-order valence-corrected chi connectivity index (χ3v) is 5.53. The molecule has 3 aromatic rings. The molecule has 32 heavy (non-hydrogen) atoms. The van der Waals surface area contributed by atoms with E-state index in [0.717, 1.165) is 11.3 Å². The average Bonchev–Trinajstić information content (AvgIpc) is 3.23. The number of hydrogen-bond acceptors (Lipinski definition) is 6. The molecule has 1 aromatic heterocycles. The summed E-state index contributed by atoms with van der Waals surface area (Å²) in [5, 5.41) is 11.3. The van der Waals surface area contributed by atoms with Crippen molar-refractivity contribution in [2.75, 3.05) is 14.2 Å². The van der Waals surface area contributed by atoms with Crippen molar-refractivity contribution in [3.8, 4) is 11.5 Å². The molecule has 166 valence electrons. The van der Waals surface area contributed by atoms with Crippen molar-refractivity contribution in [3.05, 3.63) is 71.0 Å². The molecule has 0 spiro atoms. The van der Waals surface area contributed by atoms with Crippen molar-refractivity contribution in [1.29, 1.82) is 0 Å². The normalized spacial score (nSPS) is 15.3. The first-order valence-corrected chi connectivity index (χ1v) is 10.3. The van der Waals surface area contributed by atoms with Crippen LogP contribution in [0.15, 0.2) is 48.5 Å². The molecule has 9 heteroatoms. The van der Waals surface area contributed by atoms with Crippen LogP contribution in [0.1, 0.15) is 40.3 Å². The Hall–Kier alpha value is -3.88. The Balaban J connectivity index is 1.50. The zero-order chi connectivity index (χ0) is 22.7. The van der Waals surface area contributed by atoms with Gasteiger partial charge in [0.25, 0.3) is 5.91 Å². The number of hydrogen-bond donors (Lipinski definition) is 1. The second-order valence-electron chi connectivity index (χ2n) is 7.53. The van der Waals surface area contributed by atoms with Crippen LogP contribution in [0.25, 0.3) is 0 Å². The molecule has 0 fully saturated rings. The molecule has 1 aliphatic rings. The van der Waals surface area contributed by atoms with Gasteiger partial charge in [-0.15, -0.1) is 5.10 Å². The monoisotopic (exact) mass is 435 g/mol. The largest absolute Gasteiger partial charge is 0.497 e. The first-order chi connectivity index (χ1) is 15.5. The minimum Gasteiger partial charge on any atom is -0.497 e. The fourth-order valence-corrected chi connectivity index (χ4v) is 3.77. The third-order valence-electron chi connectivity index (χ3n) is 5.53. The Bertz CT molecular complexity index is 1130. The molecule has 0 saturated heterocycles. The van der Waals surface area contributed by atoms with Crippen molar-refractivity contribution in [2.24, 2.45) is 0 Å². The van der Waals surface area contributed by atoms with Crippen molar-refractivity contribution < 1.29 is 19.1 Å². The number of fused-ring (bicyclic) bond motifs is 1. The van der Waals surface area contributed by atoms with Gasteiger partial charge in [0.05, 0.1) is 38.6 Å². The van der Waals surface area contributed by atoms with Gasteiger partial charge in [-0.1, -0.05) is 35.5 Å². The molecular formula is C23H25N5O4. The summed E-state index contributed by atoms with van der Waals surface area (Å²) >= 11 is 0. The molecule has 0 saturated carbocycles. The van der Waals surface area contributed by atoms with E-state index in [0.29, 0.717) is 35.8 Å². The molecule has 2 heterocycles. The van der Waals surface area contributed by atoms with E-state index in [1.165, 1.54) is 7.11 Å². The smallest absolute Gasteiger partial charge is 0.255 e. The van der Waals surface area contributed by atoms with Crippen LogP contribution in [0.2, 0.25) is 0 Å². The summed E-state index contributed by atoms with van der Waals surface area (Å²) in [6.07, 6.45) is 0. The number of nitrogens with zero attached hydrogens (tertiary/aromatic N) is 4. The molecule has 0 aliphatic carbocycles. The number of aromatic nitrogens is 3. The molecule has 0 radical (unpaired) electrons. The standard InChI is InChI=1S/C23H25N5O4/c1-15-23(30)27(13-16-7-5-4-6-8-16)14-20-19(25-26-28(15)20)12-24-22(29)18-10-9-17(31-2)11-21(18)32-3/h4-11,15H,12-14H2,1-3H3,(H,24,29). The van der Waals surface area contributed by atoms with Crippen LogP contribution in [0, 0.1) is 0 Å². The van der Waals surface area contributed by atoms with Gasteiger partial charge in [0.1, 0.15) is 23.2 Å². The van der Waals surface area contributed by atoms with Crippen LogP contribution in [-0.2, 0) is 24.4 Å². The van der Waals surface area contributed by atoms with Crippen LogP contribution < -0.4 is 14.8 Å². The molecule has 0 bridgehead atoms. The maximum absolute atomic E-state index is 12.8. The van der Waals surface area contributed by atoms with E-state index in [1.54, 1.807) is 34.9 Å². The zero-order valence-electron chi connectivity index (χ0n) is 18.2. The van der Waals surface area contributed by atoms with E-state index in [9.17, 15) is 9.59 Å². The highest BCUT2D eigenvalue weighted by Crippen LogP contribution is 2.26. The number of rotatable bonds is 7. The molecule has 1 N–H and O–H groups in total. The predicted octanol–water partition coefficient (Wildman–Crippen LogP) is 2.33. The number of carbonyl (C=O) groups excluding carboxylic acids is 2. The topological polar surface area (TPSA) is 98.6 Å². The highest BCUT2D eigenvalue weighted by atomic mass is 16.5. The van der Waals surface area contributed by atoms with E-state index >= 15 is 0 Å². The lowest BCUT2D eigenvalue weighted by Crippen LogP contribution is -2.41. The fourth-order valence-electron chi connectivity index (χ4n) is 3.77. The van der Waals surface area contributed by atoms with Gasteiger partial charge in [0.2, 0.25) is 5.91 Å². The van der Waals surface area contributed by atoms with Gasteiger partial charge in [0, 0.05) is 12.6 Å². The van der Waals surface area contributed by atoms with Crippen LogP contribution in [0.4, 0.5) is 0 Å². The SMILES string of the molecule is COc1ccc(C(=O)NCc2nnn3c2CN(Cc2ccccc2)C(=O)C3C)c(OC)c1. The summed E-state index contributed by atoms with van der Waals surface area (Å²) in [6.45, 7) is 2.87. The van der Waals surface area contributed by atoms with Gasteiger partial charge in [0.15, 0.2) is 0 Å². The fraction of sp³-hybridized carbons (Fsp3) is 0.304. The lowest BCUT2D eigenvalue weighted by Gasteiger charge is -2.31. The summed E-state index contributed by atoms with van der Waals surface area (Å²) < 4.78 is 12.1. The number of nitrogens with one attached hydrogen (secondary N) is 1. The molecule has 1 aliphatic heterocycles. The number of ether oxygens (including phenoxy) is 2. The van der Waals surface area contributed by atoms with Gasteiger partial charge < -0.3 is 19.7 Å². The summed E-state index contributed by atoms with van der Waals surface area (Å²) in [7, 11) is 3.05. The van der Waals surface area contributed by atoms with Crippen molar-refractivity contribution in [3.63, 3.8) is 0 Å². The first kappa shape index (κ1) is 21.4. The van der Waals surface area contributed by atoms with E-state index in [1.807, 2.05) is 37.3 Å². The second kappa shape index (κ2) is 9.09. The van der Waals surface area contributed by atoms with E-state index in [-0.39, 0.29) is 18.4 Å². The third kappa shape index (κ3) is 4.14. The Morgan fingerprint density at radius 2 is 1.94 bits per heavy atom. The Morgan fingerprint density at radius 3 is 2.66 bits per heavy atom. The van der Waals surface area contributed by atoms with Crippen molar-refractivity contribution in [2.45, 2.75) is 32.6 Å². The lowest BCUT2D eigenvalue weighted by molar-refractivity contribution is -0.138. The molecular weight excluding hydrogens is 410 g/mol. The van der Waals surface area contributed by atoms with E-state index in [2.05, 4.69) is 15.6 Å². The van der Waals surface area contributed by atoms with Crippen LogP contribution in [0.3, 0.4) is 0 Å². The summed E-state index contributed by atoms with van der Waals surface area (Å²) in [4.78, 5) is 27.4. The number of carbonyl (C=O) groups is 2. The van der Waals surface area contributed by atoms with Crippen molar-refractivity contribution >= 4 is 11.8 Å². The summed E-state index contributed by atoms with van der Waals surface area (Å²) in [6, 6.07) is 14.4. The summed E-state index contributed by atoms with van der Waals surface area (Å²) in [5.74, 6) is 0.708. The second-order valence-corrected chi connectivity index (χ2v) is 7.53. The number of benzene rings is 2. The Labute approximate surface area is 185 Å². The first-order valence-electron chi connectivity index (χ1n) is 10.3. The maximum atomic E-state index is 12.8. The maximum Gasteiger partial charge on any atom is 0.255 e. The van der Waals surface area contributed by atoms with Gasteiger partial charge in [-0.3, -0.25) is 9.59 Å². The predicted molar refractivity (Wildman–Crippen MR) is 116 cm³/mol. The minimum absolute atomic E-state index is 0.00944. The van der Waals surface area contributed by atoms with Gasteiger partial charge in [-0.2, -0.15) is 0 Å². The molecule has 1 atom stereocenters. The quantitative estimate of drug-likeness (QED) is 0.612. The molecule has 4 rings (SSSR count). The number of amides is 2. The number of methoxy groups -OCH3 is 2. The lowest BCUT2D eigenvalue weighted by atomic mass is 10.1. The zero-order valence-corrected chi connectivity index (χ0v) is 18.2. The van der Waals surface area contributed by atoms with Gasteiger partial charge in [-0.25, -0.2) is 4.68 Å². The highest BCUT2D eigenvalue weighted by molar-refractivity contribution is 5.97. The average molecular weight is 435 g/mol. The van der Waals surface area contributed by atoms with Crippen molar-refractivity contribution in [1.82, 2.24) is 25.2 Å². The molecule has 1 unspecified atom stereocenters.